The van der Waals surface area contributed by atoms with Gasteiger partial charge in [-0.25, -0.2) is 13.6 Å². The minimum Gasteiger partial charge on any atom is -0.492 e. The zero-order chi connectivity index (χ0) is 12.9. The molecule has 0 radical (unpaired) electrons. The Balaban J connectivity index is 2.57. The molecule has 1 aromatic carbocycles. The van der Waals surface area contributed by atoms with E-state index in [1.54, 1.807) is 18.2 Å². The predicted molar refractivity (Wildman–Crippen MR) is 68.7 cm³/mol. The van der Waals surface area contributed by atoms with E-state index < -0.39 is 10.0 Å². The van der Waals surface area contributed by atoms with Crippen molar-refractivity contribution in [2.75, 3.05) is 12.4 Å². The second-order valence-electron chi connectivity index (χ2n) is 3.85. The largest absolute Gasteiger partial charge is 0.492 e. The summed E-state index contributed by atoms with van der Waals surface area (Å²) in [4.78, 5) is 0. The van der Waals surface area contributed by atoms with Gasteiger partial charge in [-0.05, 0) is 18.6 Å². The highest BCUT2D eigenvalue weighted by Gasteiger charge is 2.15. The lowest BCUT2D eigenvalue weighted by Gasteiger charge is -2.15. The summed E-state index contributed by atoms with van der Waals surface area (Å²) in [7, 11) is -3.46. The summed E-state index contributed by atoms with van der Waals surface area (Å²) in [5.74, 6) is 0.358. The number of benzene rings is 1. The van der Waals surface area contributed by atoms with Gasteiger partial charge in [0, 0.05) is 5.92 Å². The van der Waals surface area contributed by atoms with Crippen molar-refractivity contribution in [3.05, 3.63) is 29.3 Å². The van der Waals surface area contributed by atoms with Gasteiger partial charge in [-0.15, -0.1) is 0 Å². The Labute approximate surface area is 107 Å². The Bertz CT molecular complexity index is 462. The summed E-state index contributed by atoms with van der Waals surface area (Å²) in [6.45, 7) is 2.18. The van der Waals surface area contributed by atoms with Crippen LogP contribution in [0.2, 0.25) is 5.02 Å². The van der Waals surface area contributed by atoms with Gasteiger partial charge < -0.3 is 4.74 Å². The van der Waals surface area contributed by atoms with Crippen LogP contribution in [0.3, 0.4) is 0 Å². The van der Waals surface area contributed by atoms with Crippen LogP contribution in [-0.4, -0.2) is 20.8 Å². The third kappa shape index (κ3) is 5.39. The summed E-state index contributed by atoms with van der Waals surface area (Å²) in [6, 6.07) is 7.07. The van der Waals surface area contributed by atoms with Crippen molar-refractivity contribution in [3.8, 4) is 5.75 Å². The molecule has 1 rings (SSSR count). The van der Waals surface area contributed by atoms with Gasteiger partial charge in [-0.1, -0.05) is 30.7 Å². The fourth-order valence-corrected chi connectivity index (χ4v) is 2.56. The van der Waals surface area contributed by atoms with Crippen LogP contribution in [-0.2, 0) is 10.0 Å². The molecular formula is C11H16ClNO3S. The number of nitrogens with two attached hydrogens (primary N) is 1. The van der Waals surface area contributed by atoms with E-state index in [0.29, 0.717) is 17.2 Å². The first-order valence-corrected chi connectivity index (χ1v) is 7.39. The molecule has 17 heavy (non-hydrogen) atoms. The Morgan fingerprint density at radius 2 is 2.06 bits per heavy atom. The molecule has 0 fully saturated rings. The summed E-state index contributed by atoms with van der Waals surface area (Å²) in [6.07, 6.45) is 0.681. The number of hydrogen-bond acceptors (Lipinski definition) is 3. The number of hydrogen-bond donors (Lipinski definition) is 1. The first-order chi connectivity index (χ1) is 7.92. The number of rotatable bonds is 6. The molecule has 4 nitrogen and oxygen atoms in total. The third-order valence-electron chi connectivity index (χ3n) is 2.36. The lowest BCUT2D eigenvalue weighted by molar-refractivity contribution is 0.257. The fraction of sp³-hybridized carbons (Fsp3) is 0.455. The standard InChI is InChI=1S/C11H16ClNO3S/c1-2-9(8-17(13,14)15)7-16-11-6-4-3-5-10(11)12/h3-6,9H,2,7-8H2,1H3,(H2,13,14,15). The van der Waals surface area contributed by atoms with Crippen LogP contribution in [0.15, 0.2) is 24.3 Å². The van der Waals surface area contributed by atoms with Crippen molar-refractivity contribution in [2.24, 2.45) is 11.1 Å². The van der Waals surface area contributed by atoms with E-state index in [9.17, 15) is 8.42 Å². The van der Waals surface area contributed by atoms with Gasteiger partial charge in [-0.3, -0.25) is 0 Å². The molecule has 2 N–H and O–H groups in total. The molecule has 0 spiro atoms. The van der Waals surface area contributed by atoms with Crippen molar-refractivity contribution in [2.45, 2.75) is 13.3 Å². The van der Waals surface area contributed by atoms with E-state index >= 15 is 0 Å². The molecular weight excluding hydrogens is 262 g/mol. The minimum absolute atomic E-state index is 0.0754. The van der Waals surface area contributed by atoms with Gasteiger partial charge >= 0.3 is 0 Å². The normalized spacial score (nSPS) is 13.4. The quantitative estimate of drug-likeness (QED) is 0.865. The second-order valence-corrected chi connectivity index (χ2v) is 5.91. The van der Waals surface area contributed by atoms with Crippen LogP contribution < -0.4 is 9.88 Å². The van der Waals surface area contributed by atoms with Crippen molar-refractivity contribution >= 4 is 21.6 Å². The predicted octanol–water partition coefficient (Wildman–Crippen LogP) is 2.03. The van der Waals surface area contributed by atoms with Crippen LogP contribution in [0.1, 0.15) is 13.3 Å². The molecule has 0 amide bonds. The lowest BCUT2D eigenvalue weighted by atomic mass is 10.1. The van der Waals surface area contributed by atoms with Crippen molar-refractivity contribution in [1.82, 2.24) is 0 Å². The molecule has 0 saturated carbocycles. The van der Waals surface area contributed by atoms with E-state index in [-0.39, 0.29) is 18.3 Å². The maximum Gasteiger partial charge on any atom is 0.209 e. The summed E-state index contributed by atoms with van der Waals surface area (Å²) in [5, 5.41) is 5.51. The average molecular weight is 278 g/mol. The molecule has 0 heterocycles. The monoisotopic (exact) mass is 277 g/mol. The molecule has 0 aromatic heterocycles. The molecule has 0 aliphatic heterocycles. The smallest absolute Gasteiger partial charge is 0.209 e. The number of primary sulfonamides is 1. The minimum atomic E-state index is -3.46. The van der Waals surface area contributed by atoms with Crippen molar-refractivity contribution < 1.29 is 13.2 Å². The zero-order valence-corrected chi connectivity index (χ0v) is 11.2. The van der Waals surface area contributed by atoms with E-state index in [1.165, 1.54) is 0 Å². The Kier molecular flexibility index (Phi) is 5.24. The van der Waals surface area contributed by atoms with E-state index in [1.807, 2.05) is 13.0 Å². The molecule has 1 unspecified atom stereocenters. The maximum atomic E-state index is 11.0. The second kappa shape index (κ2) is 6.23. The van der Waals surface area contributed by atoms with Gasteiger partial charge in [-0.2, -0.15) is 0 Å². The highest BCUT2D eigenvalue weighted by Crippen LogP contribution is 2.23. The Hall–Kier alpha value is -0.780. The first-order valence-electron chi connectivity index (χ1n) is 5.30. The zero-order valence-electron chi connectivity index (χ0n) is 9.60. The Morgan fingerprint density at radius 3 is 2.59 bits per heavy atom. The lowest BCUT2D eigenvalue weighted by Crippen LogP contribution is -2.26. The van der Waals surface area contributed by atoms with E-state index in [4.69, 9.17) is 21.5 Å². The molecule has 6 heteroatoms. The average Bonchev–Trinajstić information content (AvgIpc) is 2.24. The van der Waals surface area contributed by atoms with Crippen molar-refractivity contribution in [1.29, 1.82) is 0 Å². The van der Waals surface area contributed by atoms with E-state index in [2.05, 4.69) is 0 Å². The highest BCUT2D eigenvalue weighted by atomic mass is 35.5. The van der Waals surface area contributed by atoms with Crippen LogP contribution in [0.5, 0.6) is 5.75 Å². The summed E-state index contributed by atoms with van der Waals surface area (Å²) >= 11 is 5.92. The number of para-hydroxylation sites is 1. The Morgan fingerprint density at radius 1 is 1.41 bits per heavy atom. The topological polar surface area (TPSA) is 69.4 Å². The molecule has 0 saturated heterocycles. The van der Waals surface area contributed by atoms with Crippen LogP contribution >= 0.6 is 11.6 Å². The molecule has 96 valence electrons. The molecule has 1 atom stereocenters. The van der Waals surface area contributed by atoms with E-state index in [0.717, 1.165) is 0 Å². The SMILES string of the molecule is CCC(COc1ccccc1Cl)CS(N)(=O)=O. The van der Waals surface area contributed by atoms with Gasteiger partial charge in [0.25, 0.3) is 0 Å². The van der Waals surface area contributed by atoms with Crippen LogP contribution in [0.25, 0.3) is 0 Å². The van der Waals surface area contributed by atoms with Gasteiger partial charge in [0.05, 0.1) is 17.4 Å². The molecule has 1 aromatic rings. The summed E-state index contributed by atoms with van der Waals surface area (Å²) in [5.41, 5.74) is 0. The molecule has 0 aliphatic carbocycles. The molecule has 0 bridgehead atoms. The maximum absolute atomic E-state index is 11.0. The van der Waals surface area contributed by atoms with Gasteiger partial charge in [0.1, 0.15) is 5.75 Å². The van der Waals surface area contributed by atoms with Crippen LogP contribution in [0, 0.1) is 5.92 Å². The third-order valence-corrected chi connectivity index (χ3v) is 3.60. The van der Waals surface area contributed by atoms with Gasteiger partial charge in [0.15, 0.2) is 0 Å². The molecule has 0 aliphatic rings. The highest BCUT2D eigenvalue weighted by molar-refractivity contribution is 7.89. The number of halogens is 1. The number of ether oxygens (including phenoxy) is 1. The van der Waals surface area contributed by atoms with Gasteiger partial charge in [0.2, 0.25) is 10.0 Å². The fourth-order valence-electron chi connectivity index (χ4n) is 1.38. The number of sulfonamides is 1. The first kappa shape index (κ1) is 14.3. The summed E-state index contributed by atoms with van der Waals surface area (Å²) < 4.78 is 27.4. The van der Waals surface area contributed by atoms with Crippen molar-refractivity contribution in [3.63, 3.8) is 0 Å². The van der Waals surface area contributed by atoms with Crippen LogP contribution in [0.4, 0.5) is 0 Å².